The number of ether oxygens (including phenoxy) is 1. The topological polar surface area (TPSA) is 66.0 Å². The highest BCUT2D eigenvalue weighted by Gasteiger charge is 2.15. The molecule has 5 nitrogen and oxygen atoms in total. The molecule has 0 atom stereocenters. The standard InChI is InChI=1S/C20H24N4O/c1-14-15(2)22-20(21)18-19(14)24(16(3)23-18)11-13-25-12-7-10-17-8-5-4-6-9-17/h4-10H,11-13H2,1-3H3,(H2,21,22)/b10-7+. The molecule has 130 valence electrons. The number of hydrogen-bond acceptors (Lipinski definition) is 4. The second-order valence-electron chi connectivity index (χ2n) is 6.10. The minimum Gasteiger partial charge on any atom is -0.382 e. The Labute approximate surface area is 148 Å². The van der Waals surface area contributed by atoms with E-state index in [1.165, 1.54) is 5.56 Å². The summed E-state index contributed by atoms with van der Waals surface area (Å²) in [6.45, 7) is 7.97. The summed E-state index contributed by atoms with van der Waals surface area (Å²) in [4.78, 5) is 8.94. The van der Waals surface area contributed by atoms with Crippen LogP contribution < -0.4 is 5.73 Å². The maximum Gasteiger partial charge on any atom is 0.151 e. The van der Waals surface area contributed by atoms with E-state index in [4.69, 9.17) is 10.5 Å². The Kier molecular flexibility index (Phi) is 5.14. The number of hydrogen-bond donors (Lipinski definition) is 1. The molecule has 0 radical (unpaired) electrons. The predicted octanol–water partition coefficient (Wildman–Crippen LogP) is 3.67. The fourth-order valence-corrected chi connectivity index (χ4v) is 2.94. The maximum absolute atomic E-state index is 6.03. The van der Waals surface area contributed by atoms with Crippen molar-refractivity contribution in [2.75, 3.05) is 18.9 Å². The number of nitrogens with zero attached hydrogens (tertiary/aromatic N) is 3. The van der Waals surface area contributed by atoms with Gasteiger partial charge in [0, 0.05) is 12.2 Å². The molecule has 0 aliphatic heterocycles. The van der Waals surface area contributed by atoms with E-state index in [-0.39, 0.29) is 0 Å². The largest absolute Gasteiger partial charge is 0.382 e. The molecule has 3 rings (SSSR count). The molecular formula is C20H24N4O. The summed E-state index contributed by atoms with van der Waals surface area (Å²) in [5, 5.41) is 0. The Morgan fingerprint density at radius 3 is 2.64 bits per heavy atom. The van der Waals surface area contributed by atoms with Gasteiger partial charge in [-0.3, -0.25) is 0 Å². The van der Waals surface area contributed by atoms with Gasteiger partial charge in [0.05, 0.1) is 18.7 Å². The number of benzene rings is 1. The third-order valence-corrected chi connectivity index (χ3v) is 4.37. The third-order valence-electron chi connectivity index (χ3n) is 4.37. The van der Waals surface area contributed by atoms with E-state index in [9.17, 15) is 0 Å². The second-order valence-corrected chi connectivity index (χ2v) is 6.10. The van der Waals surface area contributed by atoms with Crippen LogP contribution in [0.15, 0.2) is 36.4 Å². The van der Waals surface area contributed by atoms with Gasteiger partial charge < -0.3 is 15.0 Å². The fourth-order valence-electron chi connectivity index (χ4n) is 2.94. The molecule has 0 saturated heterocycles. The zero-order valence-corrected chi connectivity index (χ0v) is 15.0. The number of rotatable bonds is 6. The Morgan fingerprint density at radius 2 is 1.88 bits per heavy atom. The van der Waals surface area contributed by atoms with Crippen LogP contribution in [0.25, 0.3) is 17.1 Å². The van der Waals surface area contributed by atoms with Gasteiger partial charge in [0.25, 0.3) is 0 Å². The van der Waals surface area contributed by atoms with Crippen LogP contribution in [0, 0.1) is 20.8 Å². The summed E-state index contributed by atoms with van der Waals surface area (Å²) in [5.74, 6) is 1.42. The van der Waals surface area contributed by atoms with Crippen LogP contribution in [0.3, 0.4) is 0 Å². The van der Waals surface area contributed by atoms with Crippen LogP contribution in [0.4, 0.5) is 5.82 Å². The highest BCUT2D eigenvalue weighted by atomic mass is 16.5. The van der Waals surface area contributed by atoms with Crippen LogP contribution in [0.2, 0.25) is 0 Å². The summed E-state index contributed by atoms with van der Waals surface area (Å²) in [6.07, 6.45) is 4.10. The Morgan fingerprint density at radius 1 is 1.12 bits per heavy atom. The van der Waals surface area contributed by atoms with Crippen molar-refractivity contribution >= 4 is 22.9 Å². The number of fused-ring (bicyclic) bond motifs is 1. The van der Waals surface area contributed by atoms with Crippen molar-refractivity contribution in [3.8, 4) is 0 Å². The van der Waals surface area contributed by atoms with Gasteiger partial charge in [-0.05, 0) is 31.9 Å². The molecule has 0 aliphatic rings. The predicted molar refractivity (Wildman–Crippen MR) is 102 cm³/mol. The van der Waals surface area contributed by atoms with Crippen LogP contribution in [0.1, 0.15) is 22.6 Å². The van der Waals surface area contributed by atoms with E-state index in [0.29, 0.717) is 19.0 Å². The van der Waals surface area contributed by atoms with Crippen LogP contribution in [-0.2, 0) is 11.3 Å². The monoisotopic (exact) mass is 336 g/mol. The van der Waals surface area contributed by atoms with Crippen LogP contribution >= 0.6 is 0 Å². The summed E-state index contributed by atoms with van der Waals surface area (Å²) in [6, 6.07) is 10.2. The van der Waals surface area contributed by atoms with Crippen LogP contribution in [-0.4, -0.2) is 27.7 Å². The first-order valence-corrected chi connectivity index (χ1v) is 8.46. The highest BCUT2D eigenvalue weighted by molar-refractivity contribution is 5.88. The first-order chi connectivity index (χ1) is 12.1. The number of aryl methyl sites for hydroxylation is 3. The fraction of sp³-hybridized carbons (Fsp3) is 0.300. The number of nitrogen functional groups attached to an aromatic ring is 1. The van der Waals surface area contributed by atoms with Gasteiger partial charge in [0.2, 0.25) is 0 Å². The molecule has 2 N–H and O–H groups in total. The lowest BCUT2D eigenvalue weighted by atomic mass is 10.2. The Hall–Kier alpha value is -2.66. The first kappa shape index (κ1) is 17.2. The molecule has 0 spiro atoms. The van der Waals surface area contributed by atoms with Gasteiger partial charge in [0.15, 0.2) is 5.82 Å². The van der Waals surface area contributed by atoms with Crippen molar-refractivity contribution in [1.29, 1.82) is 0 Å². The minimum atomic E-state index is 0.492. The molecule has 0 unspecified atom stereocenters. The molecule has 0 amide bonds. The smallest absolute Gasteiger partial charge is 0.151 e. The van der Waals surface area contributed by atoms with Crippen molar-refractivity contribution in [3.63, 3.8) is 0 Å². The Balaban J connectivity index is 1.64. The first-order valence-electron chi connectivity index (χ1n) is 8.46. The van der Waals surface area contributed by atoms with E-state index >= 15 is 0 Å². The van der Waals surface area contributed by atoms with Gasteiger partial charge in [-0.25, -0.2) is 9.97 Å². The molecule has 0 saturated carbocycles. The van der Waals surface area contributed by atoms with Gasteiger partial charge in [-0.15, -0.1) is 0 Å². The molecule has 1 aromatic carbocycles. The van der Waals surface area contributed by atoms with Gasteiger partial charge >= 0.3 is 0 Å². The number of anilines is 1. The summed E-state index contributed by atoms with van der Waals surface area (Å²) >= 11 is 0. The van der Waals surface area contributed by atoms with Gasteiger partial charge in [-0.2, -0.15) is 0 Å². The number of pyridine rings is 1. The Bertz CT molecular complexity index is 897. The zero-order valence-electron chi connectivity index (χ0n) is 15.0. The second kappa shape index (κ2) is 7.49. The summed E-state index contributed by atoms with van der Waals surface area (Å²) in [7, 11) is 0. The lowest BCUT2D eigenvalue weighted by Gasteiger charge is -2.10. The molecule has 25 heavy (non-hydrogen) atoms. The van der Waals surface area contributed by atoms with E-state index in [2.05, 4.69) is 39.7 Å². The molecule has 0 fully saturated rings. The maximum atomic E-state index is 6.03. The molecule has 2 aromatic heterocycles. The SMILES string of the molecule is Cc1nc(N)c2nc(C)n(CCOC/C=C/c3ccccc3)c2c1C. The van der Waals surface area contributed by atoms with E-state index < -0.39 is 0 Å². The van der Waals surface area contributed by atoms with Crippen LogP contribution in [0.5, 0.6) is 0 Å². The number of aromatic nitrogens is 3. The van der Waals surface area contributed by atoms with Crippen molar-refractivity contribution in [2.24, 2.45) is 0 Å². The average molecular weight is 336 g/mol. The van der Waals surface area contributed by atoms with E-state index in [1.54, 1.807) is 0 Å². The molecule has 0 bridgehead atoms. The third kappa shape index (κ3) is 3.72. The van der Waals surface area contributed by atoms with Crippen molar-refractivity contribution in [3.05, 3.63) is 59.1 Å². The zero-order chi connectivity index (χ0) is 17.8. The average Bonchev–Trinajstić information content (AvgIpc) is 2.94. The molecule has 3 aromatic rings. The summed E-state index contributed by atoms with van der Waals surface area (Å²) in [5.41, 5.74) is 11.1. The summed E-state index contributed by atoms with van der Waals surface area (Å²) < 4.78 is 7.91. The van der Waals surface area contributed by atoms with Crippen molar-refractivity contribution in [1.82, 2.24) is 14.5 Å². The van der Waals surface area contributed by atoms with E-state index in [1.807, 2.05) is 38.1 Å². The number of nitrogens with two attached hydrogens (primary N) is 1. The molecule has 5 heteroatoms. The lowest BCUT2D eigenvalue weighted by Crippen LogP contribution is -2.09. The highest BCUT2D eigenvalue weighted by Crippen LogP contribution is 2.25. The quantitative estimate of drug-likeness (QED) is 0.698. The minimum absolute atomic E-state index is 0.492. The van der Waals surface area contributed by atoms with Gasteiger partial charge in [-0.1, -0.05) is 42.5 Å². The lowest BCUT2D eigenvalue weighted by molar-refractivity contribution is 0.154. The molecular weight excluding hydrogens is 312 g/mol. The molecule has 0 aliphatic carbocycles. The van der Waals surface area contributed by atoms with Crippen molar-refractivity contribution in [2.45, 2.75) is 27.3 Å². The van der Waals surface area contributed by atoms with Crippen molar-refractivity contribution < 1.29 is 4.74 Å². The number of imidazole rings is 1. The van der Waals surface area contributed by atoms with E-state index in [0.717, 1.165) is 34.7 Å². The van der Waals surface area contributed by atoms with Gasteiger partial charge in [0.1, 0.15) is 11.3 Å². The molecule has 2 heterocycles. The normalized spacial score (nSPS) is 11.6.